The summed E-state index contributed by atoms with van der Waals surface area (Å²) >= 11 is 3.24. The topological polar surface area (TPSA) is 71.5 Å². The van der Waals surface area contributed by atoms with E-state index in [4.69, 9.17) is 0 Å². The molecule has 0 radical (unpaired) electrons. The van der Waals surface area contributed by atoms with E-state index in [0.29, 0.717) is 21.9 Å². The molecule has 1 aliphatic heterocycles. The summed E-state index contributed by atoms with van der Waals surface area (Å²) in [7, 11) is -3.01. The van der Waals surface area contributed by atoms with Crippen LogP contribution in [0.2, 0.25) is 0 Å². The van der Waals surface area contributed by atoms with E-state index < -0.39 is 9.84 Å². The third-order valence-corrected chi connectivity index (χ3v) is 5.00. The molecule has 1 saturated heterocycles. The van der Waals surface area contributed by atoms with Crippen LogP contribution in [-0.4, -0.2) is 50.1 Å². The summed E-state index contributed by atoms with van der Waals surface area (Å²) in [5, 5.41) is 0. The Morgan fingerprint density at radius 1 is 1.21 bits per heavy atom. The molecule has 0 unspecified atom stereocenters. The number of nitrogens with zero attached hydrogens (tertiary/aromatic N) is 1. The molecule has 2 rings (SSSR count). The smallest absolute Gasteiger partial charge is 0.253 e. The molecule has 19 heavy (non-hydrogen) atoms. The molecule has 7 heteroatoms. The van der Waals surface area contributed by atoms with Gasteiger partial charge in [0.2, 0.25) is 0 Å². The van der Waals surface area contributed by atoms with Crippen molar-refractivity contribution in [1.82, 2.24) is 4.90 Å². The molecule has 0 saturated carbocycles. The highest BCUT2D eigenvalue weighted by Gasteiger charge is 2.25. The number of carbonyl (C=O) groups is 2. The fourth-order valence-electron chi connectivity index (χ4n) is 1.90. The summed E-state index contributed by atoms with van der Waals surface area (Å²) in [6.07, 6.45) is 0.669. The minimum atomic E-state index is -3.01. The second-order valence-electron chi connectivity index (χ2n) is 4.34. The van der Waals surface area contributed by atoms with Gasteiger partial charge in [-0.1, -0.05) is 15.9 Å². The third kappa shape index (κ3) is 3.42. The number of sulfone groups is 1. The Hall–Kier alpha value is -1.21. The Bertz CT molecular complexity index is 613. The molecule has 0 spiro atoms. The molecule has 0 aromatic heterocycles. The number of benzene rings is 1. The van der Waals surface area contributed by atoms with E-state index in [1.807, 2.05) is 0 Å². The maximum Gasteiger partial charge on any atom is 0.253 e. The van der Waals surface area contributed by atoms with E-state index >= 15 is 0 Å². The van der Waals surface area contributed by atoms with Crippen molar-refractivity contribution in [2.75, 3.05) is 24.6 Å². The van der Waals surface area contributed by atoms with Crippen LogP contribution in [0.4, 0.5) is 0 Å². The van der Waals surface area contributed by atoms with Gasteiger partial charge in [0.25, 0.3) is 5.91 Å². The van der Waals surface area contributed by atoms with Crippen LogP contribution in [0, 0.1) is 0 Å². The molecule has 1 fully saturated rings. The van der Waals surface area contributed by atoms with Crippen molar-refractivity contribution in [1.29, 1.82) is 0 Å². The number of aldehydes is 1. The van der Waals surface area contributed by atoms with E-state index in [1.165, 1.54) is 11.0 Å². The van der Waals surface area contributed by atoms with E-state index in [1.54, 1.807) is 12.1 Å². The minimum absolute atomic E-state index is 0.00667. The van der Waals surface area contributed by atoms with Crippen LogP contribution in [0.5, 0.6) is 0 Å². The van der Waals surface area contributed by atoms with Crippen molar-refractivity contribution in [3.63, 3.8) is 0 Å². The minimum Gasteiger partial charge on any atom is -0.337 e. The van der Waals surface area contributed by atoms with Crippen molar-refractivity contribution in [3.05, 3.63) is 33.8 Å². The van der Waals surface area contributed by atoms with Crippen LogP contribution >= 0.6 is 15.9 Å². The molecule has 1 amide bonds. The molecular weight excluding hydrogens is 334 g/mol. The van der Waals surface area contributed by atoms with E-state index in [-0.39, 0.29) is 30.5 Å². The van der Waals surface area contributed by atoms with Crippen LogP contribution < -0.4 is 0 Å². The quantitative estimate of drug-likeness (QED) is 0.753. The number of halogens is 1. The largest absolute Gasteiger partial charge is 0.337 e. The summed E-state index contributed by atoms with van der Waals surface area (Å²) < 4.78 is 23.3. The van der Waals surface area contributed by atoms with Crippen molar-refractivity contribution in [2.45, 2.75) is 0 Å². The molecule has 0 aliphatic carbocycles. The number of rotatable bonds is 2. The van der Waals surface area contributed by atoms with E-state index in [0.717, 1.165) is 0 Å². The Labute approximate surface area is 119 Å². The summed E-state index contributed by atoms with van der Waals surface area (Å²) in [4.78, 5) is 24.5. The number of hydrogen-bond donors (Lipinski definition) is 0. The first kappa shape index (κ1) is 14.2. The zero-order valence-electron chi connectivity index (χ0n) is 10.0. The monoisotopic (exact) mass is 345 g/mol. The average molecular weight is 346 g/mol. The first-order valence-corrected chi connectivity index (χ1v) is 8.28. The zero-order chi connectivity index (χ0) is 14.0. The van der Waals surface area contributed by atoms with Crippen LogP contribution in [0.1, 0.15) is 20.7 Å². The lowest BCUT2D eigenvalue weighted by Crippen LogP contribution is -2.43. The van der Waals surface area contributed by atoms with Gasteiger partial charge < -0.3 is 4.90 Å². The van der Waals surface area contributed by atoms with E-state index in [2.05, 4.69) is 15.9 Å². The fourth-order valence-corrected chi connectivity index (χ4v) is 3.61. The van der Waals surface area contributed by atoms with Crippen molar-refractivity contribution in [3.8, 4) is 0 Å². The molecule has 102 valence electrons. The Morgan fingerprint density at radius 3 is 2.42 bits per heavy atom. The summed E-state index contributed by atoms with van der Waals surface area (Å²) in [5.41, 5.74) is 0.790. The lowest BCUT2D eigenvalue weighted by Gasteiger charge is -2.26. The van der Waals surface area contributed by atoms with Crippen molar-refractivity contribution in [2.24, 2.45) is 0 Å². The molecule has 1 aliphatic rings. The SMILES string of the molecule is O=Cc1cc(Br)cc(C(=O)N2CCS(=O)(=O)CC2)c1. The molecule has 0 bridgehead atoms. The van der Waals surface area contributed by atoms with Gasteiger partial charge in [0.05, 0.1) is 11.5 Å². The maximum atomic E-state index is 12.2. The molecule has 1 aromatic carbocycles. The lowest BCUT2D eigenvalue weighted by atomic mass is 10.1. The van der Waals surface area contributed by atoms with E-state index in [9.17, 15) is 18.0 Å². The summed E-state index contributed by atoms with van der Waals surface area (Å²) in [6.45, 7) is 0.397. The van der Waals surface area contributed by atoms with Gasteiger partial charge in [-0.25, -0.2) is 8.42 Å². The van der Waals surface area contributed by atoms with Crippen molar-refractivity contribution < 1.29 is 18.0 Å². The van der Waals surface area contributed by atoms with Crippen LogP contribution in [0.15, 0.2) is 22.7 Å². The average Bonchev–Trinajstić information content (AvgIpc) is 2.37. The number of hydrogen-bond acceptors (Lipinski definition) is 4. The second-order valence-corrected chi connectivity index (χ2v) is 7.55. The maximum absolute atomic E-state index is 12.2. The standard InChI is InChI=1S/C12H12BrNO4S/c13-11-6-9(8-15)5-10(7-11)12(16)14-1-3-19(17,18)4-2-14/h5-8H,1-4H2. The Morgan fingerprint density at radius 2 is 1.84 bits per heavy atom. The fraction of sp³-hybridized carbons (Fsp3) is 0.333. The number of amides is 1. The first-order chi connectivity index (χ1) is 8.91. The molecule has 0 atom stereocenters. The Balaban J connectivity index is 2.21. The molecule has 0 N–H and O–H groups in total. The molecule has 1 heterocycles. The van der Waals surface area contributed by atoms with Gasteiger partial charge in [-0.3, -0.25) is 9.59 Å². The molecule has 5 nitrogen and oxygen atoms in total. The highest BCUT2D eigenvalue weighted by Crippen LogP contribution is 2.17. The number of carbonyl (C=O) groups excluding carboxylic acids is 2. The summed E-state index contributed by atoms with van der Waals surface area (Å²) in [5.74, 6) is -0.264. The lowest BCUT2D eigenvalue weighted by molar-refractivity contribution is 0.0770. The highest BCUT2D eigenvalue weighted by atomic mass is 79.9. The molecule has 1 aromatic rings. The van der Waals surface area contributed by atoms with Crippen LogP contribution in [0.3, 0.4) is 0 Å². The van der Waals surface area contributed by atoms with Gasteiger partial charge in [-0.15, -0.1) is 0 Å². The predicted molar refractivity (Wildman–Crippen MR) is 74.1 cm³/mol. The Kier molecular flexibility index (Phi) is 4.05. The van der Waals surface area contributed by atoms with Gasteiger partial charge in [0.1, 0.15) is 6.29 Å². The van der Waals surface area contributed by atoms with Crippen LogP contribution in [0.25, 0.3) is 0 Å². The van der Waals surface area contributed by atoms with Crippen LogP contribution in [-0.2, 0) is 9.84 Å². The summed E-state index contributed by atoms with van der Waals surface area (Å²) in [6, 6.07) is 4.74. The van der Waals surface area contributed by atoms with Gasteiger partial charge >= 0.3 is 0 Å². The van der Waals surface area contributed by atoms with Gasteiger partial charge in [0, 0.05) is 28.7 Å². The van der Waals surface area contributed by atoms with Gasteiger partial charge in [0.15, 0.2) is 9.84 Å². The van der Waals surface area contributed by atoms with Gasteiger partial charge in [-0.05, 0) is 18.2 Å². The highest BCUT2D eigenvalue weighted by molar-refractivity contribution is 9.10. The predicted octanol–water partition coefficient (Wildman–Crippen LogP) is 1.13. The third-order valence-electron chi connectivity index (χ3n) is 2.93. The second kappa shape index (κ2) is 5.42. The first-order valence-electron chi connectivity index (χ1n) is 5.67. The zero-order valence-corrected chi connectivity index (χ0v) is 12.4. The molecular formula is C12H12BrNO4S. The van der Waals surface area contributed by atoms with Gasteiger partial charge in [-0.2, -0.15) is 0 Å². The normalized spacial score (nSPS) is 18.1. The van der Waals surface area contributed by atoms with Crippen molar-refractivity contribution >= 4 is 38.0 Å².